The van der Waals surface area contributed by atoms with Crippen LogP contribution in [-0.2, 0) is 4.79 Å². The van der Waals surface area contributed by atoms with E-state index < -0.39 is 0 Å². The molecule has 3 nitrogen and oxygen atoms in total. The monoisotopic (exact) mass is 276 g/mol. The minimum Gasteiger partial charge on any atom is -0.343 e. The summed E-state index contributed by atoms with van der Waals surface area (Å²) in [6, 6.07) is 0.731. The van der Waals surface area contributed by atoms with Gasteiger partial charge in [-0.05, 0) is 68.6 Å². The van der Waals surface area contributed by atoms with Crippen LogP contribution in [0.15, 0.2) is 0 Å². The topological polar surface area (TPSA) is 32.3 Å². The normalized spacial score (nSPS) is 42.4. The van der Waals surface area contributed by atoms with E-state index in [9.17, 15) is 4.79 Å². The summed E-state index contributed by atoms with van der Waals surface area (Å²) in [6.45, 7) is 2.90. The lowest BCUT2D eigenvalue weighted by atomic mass is 9.54. The molecule has 0 aromatic carbocycles. The average Bonchev–Trinajstić information content (AvgIpc) is 2.95. The number of likely N-dealkylation sites (tertiary alicyclic amines) is 1. The number of nitrogens with zero attached hydrogens (tertiary/aromatic N) is 1. The van der Waals surface area contributed by atoms with Gasteiger partial charge in [-0.25, -0.2) is 0 Å². The fourth-order valence-electron chi connectivity index (χ4n) is 5.73. The molecule has 4 bridgehead atoms. The Hall–Kier alpha value is -0.570. The molecule has 20 heavy (non-hydrogen) atoms. The third-order valence-corrected chi connectivity index (χ3v) is 6.40. The Kier molecular flexibility index (Phi) is 3.49. The van der Waals surface area contributed by atoms with Gasteiger partial charge in [-0.1, -0.05) is 0 Å². The van der Waals surface area contributed by atoms with Crippen molar-refractivity contribution in [2.75, 3.05) is 19.6 Å². The zero-order valence-corrected chi connectivity index (χ0v) is 12.5. The molecule has 1 N–H and O–H groups in total. The van der Waals surface area contributed by atoms with Crippen LogP contribution in [0, 0.1) is 23.7 Å². The van der Waals surface area contributed by atoms with Crippen molar-refractivity contribution in [2.24, 2.45) is 23.7 Å². The maximum Gasteiger partial charge on any atom is 0.223 e. The van der Waals surface area contributed by atoms with Gasteiger partial charge in [0.2, 0.25) is 5.91 Å². The standard InChI is InChI=1S/C17H28N2O/c20-16(19-5-1-2-6-19)3-4-18-17-14-8-12-7-13(10-14)11-15(17)9-12/h12-15,17-18H,1-11H2. The quantitative estimate of drug-likeness (QED) is 0.855. The molecule has 1 aliphatic heterocycles. The van der Waals surface area contributed by atoms with Gasteiger partial charge in [-0.15, -0.1) is 0 Å². The van der Waals surface area contributed by atoms with Gasteiger partial charge >= 0.3 is 0 Å². The van der Waals surface area contributed by atoms with Crippen LogP contribution in [0.1, 0.15) is 51.4 Å². The third kappa shape index (κ3) is 2.38. The van der Waals surface area contributed by atoms with Gasteiger partial charge in [0.05, 0.1) is 0 Å². The van der Waals surface area contributed by atoms with Gasteiger partial charge in [-0.3, -0.25) is 4.79 Å². The van der Waals surface area contributed by atoms with E-state index in [1.165, 1.54) is 44.9 Å². The number of rotatable bonds is 4. The molecule has 112 valence electrons. The van der Waals surface area contributed by atoms with Gasteiger partial charge in [0.25, 0.3) is 0 Å². The fourth-order valence-corrected chi connectivity index (χ4v) is 5.73. The Balaban J connectivity index is 1.26. The second-order valence-corrected chi connectivity index (χ2v) is 7.75. The second kappa shape index (κ2) is 5.32. The Bertz CT molecular complexity index is 347. The number of hydrogen-bond donors (Lipinski definition) is 1. The van der Waals surface area contributed by atoms with Crippen LogP contribution in [0.5, 0.6) is 0 Å². The highest BCUT2D eigenvalue weighted by atomic mass is 16.2. The Morgan fingerprint density at radius 1 is 0.950 bits per heavy atom. The highest BCUT2D eigenvalue weighted by Crippen LogP contribution is 2.53. The molecule has 0 unspecified atom stereocenters. The maximum atomic E-state index is 12.1. The molecule has 1 saturated heterocycles. The molecule has 1 heterocycles. The van der Waals surface area contributed by atoms with Crippen LogP contribution < -0.4 is 5.32 Å². The Labute approximate surface area is 122 Å². The third-order valence-electron chi connectivity index (χ3n) is 6.40. The molecule has 1 amide bonds. The molecule has 0 radical (unpaired) electrons. The molecule has 0 spiro atoms. The molecule has 0 atom stereocenters. The maximum absolute atomic E-state index is 12.1. The number of amides is 1. The van der Waals surface area contributed by atoms with E-state index in [2.05, 4.69) is 10.2 Å². The number of nitrogens with one attached hydrogen (secondary N) is 1. The van der Waals surface area contributed by atoms with Gasteiger partial charge in [0.15, 0.2) is 0 Å². The van der Waals surface area contributed by atoms with E-state index in [-0.39, 0.29) is 0 Å². The molecular weight excluding hydrogens is 248 g/mol. The summed E-state index contributed by atoms with van der Waals surface area (Å²) in [5.74, 6) is 4.31. The smallest absolute Gasteiger partial charge is 0.223 e. The number of hydrogen-bond acceptors (Lipinski definition) is 2. The summed E-state index contributed by atoms with van der Waals surface area (Å²) < 4.78 is 0. The van der Waals surface area contributed by atoms with E-state index in [0.717, 1.165) is 49.3 Å². The van der Waals surface area contributed by atoms with Crippen molar-refractivity contribution in [3.8, 4) is 0 Å². The second-order valence-electron chi connectivity index (χ2n) is 7.75. The minimum absolute atomic E-state index is 0.374. The molecule has 5 aliphatic rings. The van der Waals surface area contributed by atoms with Crippen molar-refractivity contribution < 1.29 is 4.79 Å². The first-order valence-electron chi connectivity index (χ1n) is 8.81. The Morgan fingerprint density at radius 3 is 2.15 bits per heavy atom. The van der Waals surface area contributed by atoms with Crippen molar-refractivity contribution in [3.05, 3.63) is 0 Å². The first-order valence-corrected chi connectivity index (χ1v) is 8.81. The highest BCUT2D eigenvalue weighted by Gasteiger charge is 2.47. The molecular formula is C17H28N2O. The van der Waals surface area contributed by atoms with Gasteiger partial charge < -0.3 is 10.2 Å². The van der Waals surface area contributed by atoms with Crippen molar-refractivity contribution in [3.63, 3.8) is 0 Å². The van der Waals surface area contributed by atoms with E-state index in [1.807, 2.05) is 0 Å². The van der Waals surface area contributed by atoms with Crippen molar-refractivity contribution >= 4 is 5.91 Å². The van der Waals surface area contributed by atoms with Gasteiger partial charge in [-0.2, -0.15) is 0 Å². The SMILES string of the molecule is O=C(CCNC1C2CC3CC(C2)CC1C3)N1CCCC1. The molecule has 0 aromatic rings. The lowest BCUT2D eigenvalue weighted by Crippen LogP contribution is -2.54. The summed E-state index contributed by atoms with van der Waals surface area (Å²) in [5.41, 5.74) is 0. The average molecular weight is 276 g/mol. The van der Waals surface area contributed by atoms with Crippen LogP contribution in [0.4, 0.5) is 0 Å². The van der Waals surface area contributed by atoms with Crippen LogP contribution in [-0.4, -0.2) is 36.5 Å². The zero-order chi connectivity index (χ0) is 13.5. The predicted molar refractivity (Wildman–Crippen MR) is 79.3 cm³/mol. The Morgan fingerprint density at radius 2 is 1.55 bits per heavy atom. The lowest BCUT2D eigenvalue weighted by molar-refractivity contribution is -0.130. The van der Waals surface area contributed by atoms with Crippen molar-refractivity contribution in [1.82, 2.24) is 10.2 Å². The molecule has 5 fully saturated rings. The molecule has 0 aromatic heterocycles. The molecule has 4 aliphatic carbocycles. The summed E-state index contributed by atoms with van der Waals surface area (Å²) >= 11 is 0. The molecule has 3 heteroatoms. The molecule has 5 rings (SSSR count). The lowest BCUT2D eigenvalue weighted by Gasteiger charge is -2.54. The first kappa shape index (κ1) is 13.1. The van der Waals surface area contributed by atoms with E-state index >= 15 is 0 Å². The van der Waals surface area contributed by atoms with E-state index in [0.29, 0.717) is 12.3 Å². The summed E-state index contributed by atoms with van der Waals surface area (Å²) in [5, 5.41) is 3.77. The van der Waals surface area contributed by atoms with Gasteiger partial charge in [0, 0.05) is 32.1 Å². The largest absolute Gasteiger partial charge is 0.343 e. The predicted octanol–water partition coefficient (Wildman–Crippen LogP) is 2.41. The zero-order valence-electron chi connectivity index (χ0n) is 12.5. The van der Waals surface area contributed by atoms with Crippen LogP contribution in [0.25, 0.3) is 0 Å². The number of carbonyl (C=O) groups is 1. The minimum atomic E-state index is 0.374. The van der Waals surface area contributed by atoms with Gasteiger partial charge in [0.1, 0.15) is 0 Å². The van der Waals surface area contributed by atoms with Crippen molar-refractivity contribution in [2.45, 2.75) is 57.4 Å². The molecule has 4 saturated carbocycles. The fraction of sp³-hybridized carbons (Fsp3) is 0.941. The van der Waals surface area contributed by atoms with E-state index in [1.54, 1.807) is 0 Å². The summed E-state index contributed by atoms with van der Waals surface area (Å²) in [7, 11) is 0. The number of carbonyl (C=O) groups excluding carboxylic acids is 1. The van der Waals surface area contributed by atoms with Crippen LogP contribution in [0.3, 0.4) is 0 Å². The summed E-state index contributed by atoms with van der Waals surface area (Å²) in [6.07, 6.45) is 10.5. The van der Waals surface area contributed by atoms with Crippen LogP contribution >= 0.6 is 0 Å². The van der Waals surface area contributed by atoms with Crippen LogP contribution in [0.2, 0.25) is 0 Å². The first-order chi connectivity index (χ1) is 9.79. The summed E-state index contributed by atoms with van der Waals surface area (Å²) in [4.78, 5) is 14.1. The van der Waals surface area contributed by atoms with Crippen molar-refractivity contribution in [1.29, 1.82) is 0 Å². The highest BCUT2D eigenvalue weighted by molar-refractivity contribution is 5.76. The van der Waals surface area contributed by atoms with E-state index in [4.69, 9.17) is 0 Å².